The van der Waals surface area contributed by atoms with E-state index in [-0.39, 0.29) is 19.1 Å². The van der Waals surface area contributed by atoms with Crippen LogP contribution in [0, 0.1) is 0 Å². The van der Waals surface area contributed by atoms with Gasteiger partial charge in [-0.2, -0.15) is 0 Å². The molecule has 3 atom stereocenters. The number of carbonyl (C=O) groups is 1. The van der Waals surface area contributed by atoms with Crippen molar-refractivity contribution in [2.45, 2.75) is 257 Å². The van der Waals surface area contributed by atoms with Gasteiger partial charge in [0.15, 0.2) is 0 Å². The van der Waals surface area contributed by atoms with Crippen molar-refractivity contribution in [3.05, 3.63) is 60.8 Å². The lowest BCUT2D eigenvalue weighted by Crippen LogP contribution is -2.45. The van der Waals surface area contributed by atoms with Crippen molar-refractivity contribution in [3.63, 3.8) is 0 Å². The first-order valence-electron chi connectivity index (χ1n) is 27.7. The lowest BCUT2D eigenvalue weighted by molar-refractivity contribution is -0.870. The van der Waals surface area contributed by atoms with Crippen LogP contribution in [0.15, 0.2) is 60.8 Å². The fourth-order valence-corrected chi connectivity index (χ4v) is 8.63. The minimum absolute atomic E-state index is 0.00151. The number of aliphatic hydroxyl groups is 1. The molecule has 0 rings (SSSR count). The van der Waals surface area contributed by atoms with Crippen LogP contribution < -0.4 is 10.2 Å². The van der Waals surface area contributed by atoms with Gasteiger partial charge in [0, 0.05) is 6.42 Å². The molecule has 0 saturated carbocycles. The molecule has 0 saturated heterocycles. The zero-order valence-electron chi connectivity index (χ0n) is 43.9. The van der Waals surface area contributed by atoms with E-state index in [0.717, 1.165) is 64.2 Å². The maximum absolute atomic E-state index is 12.9. The van der Waals surface area contributed by atoms with Gasteiger partial charge in [-0.05, 0) is 57.8 Å². The normalized spacial score (nSPS) is 14.5. The maximum Gasteiger partial charge on any atom is 0.268 e. The van der Waals surface area contributed by atoms with Crippen molar-refractivity contribution in [3.8, 4) is 0 Å². The van der Waals surface area contributed by atoms with Gasteiger partial charge in [-0.25, -0.2) is 0 Å². The minimum atomic E-state index is -4.59. The van der Waals surface area contributed by atoms with Crippen LogP contribution in [0.1, 0.15) is 245 Å². The van der Waals surface area contributed by atoms with E-state index in [0.29, 0.717) is 17.4 Å². The van der Waals surface area contributed by atoms with Crippen LogP contribution in [-0.4, -0.2) is 68.5 Å². The van der Waals surface area contributed by atoms with Crippen LogP contribution in [0.2, 0.25) is 0 Å². The first-order chi connectivity index (χ1) is 32.0. The summed E-state index contributed by atoms with van der Waals surface area (Å²) >= 11 is 0. The molecule has 1 amide bonds. The van der Waals surface area contributed by atoms with E-state index < -0.39 is 20.0 Å². The van der Waals surface area contributed by atoms with Crippen molar-refractivity contribution < 1.29 is 32.9 Å². The Morgan fingerprint density at radius 1 is 0.545 bits per heavy atom. The van der Waals surface area contributed by atoms with Gasteiger partial charge in [0.1, 0.15) is 13.2 Å². The number of aliphatic hydroxyl groups excluding tert-OH is 1. The summed E-state index contributed by atoms with van der Waals surface area (Å²) in [5.74, 6) is -0.197. The number of hydrogen-bond donors (Lipinski definition) is 2. The summed E-state index contributed by atoms with van der Waals surface area (Å²) in [6.45, 7) is 4.55. The first-order valence-corrected chi connectivity index (χ1v) is 29.1. The summed E-state index contributed by atoms with van der Waals surface area (Å²) in [4.78, 5) is 25.4. The second-order valence-corrected chi connectivity index (χ2v) is 21.3. The average Bonchev–Trinajstić information content (AvgIpc) is 3.28. The molecule has 0 heterocycles. The smallest absolute Gasteiger partial charge is 0.268 e. The molecule has 0 aromatic carbocycles. The van der Waals surface area contributed by atoms with E-state index in [9.17, 15) is 19.4 Å². The highest BCUT2D eigenvalue weighted by Gasteiger charge is 2.23. The highest BCUT2D eigenvalue weighted by Crippen LogP contribution is 2.38. The number of quaternary nitrogens is 1. The zero-order chi connectivity index (χ0) is 48.5. The lowest BCUT2D eigenvalue weighted by atomic mass is 10.0. The largest absolute Gasteiger partial charge is 0.756 e. The number of hydrogen-bond acceptors (Lipinski definition) is 6. The van der Waals surface area contributed by atoms with Crippen LogP contribution in [0.3, 0.4) is 0 Å². The first kappa shape index (κ1) is 64.2. The van der Waals surface area contributed by atoms with E-state index in [1.807, 2.05) is 27.2 Å². The SMILES string of the molecule is CC/C=C\C/C=C\C/C=C\C/C=C\CCCCCCCCCCCCCCCCCCC(=O)NC(COP(=O)([O-])OCC[N+](C)(C)C)C(O)/C=C/CCCCCCCCCCCCCCC. The molecule has 8 nitrogen and oxygen atoms in total. The van der Waals surface area contributed by atoms with E-state index in [4.69, 9.17) is 9.05 Å². The van der Waals surface area contributed by atoms with Gasteiger partial charge in [-0.1, -0.05) is 242 Å². The molecule has 0 radical (unpaired) electrons. The molecule has 0 spiro atoms. The summed E-state index contributed by atoms with van der Waals surface area (Å²) in [6.07, 6.45) is 64.3. The zero-order valence-corrected chi connectivity index (χ0v) is 44.8. The van der Waals surface area contributed by atoms with Crippen molar-refractivity contribution in [2.24, 2.45) is 0 Å². The van der Waals surface area contributed by atoms with Crippen LogP contribution in [0.5, 0.6) is 0 Å². The standard InChI is InChI=1S/C57H107N2O6P/c1-6-8-10-12-14-16-18-20-22-23-24-25-26-27-28-29-30-31-32-33-34-35-37-39-41-43-45-47-49-51-57(61)58-55(54-65-66(62,63)64-53-52-59(3,4)5)56(60)50-48-46-44-42-40-38-36-21-19-17-15-13-11-9-7-2/h8,10,14,16,20,22,24-25,48,50,55-56,60H,6-7,9,11-13,15,17-19,21,23,26-47,49,51-54H2,1-5H3,(H-,58,61,62,63)/b10-8-,16-14-,22-20-,25-24-,50-48+. The Morgan fingerprint density at radius 3 is 1.35 bits per heavy atom. The maximum atomic E-state index is 12.9. The molecule has 66 heavy (non-hydrogen) atoms. The number of nitrogens with zero attached hydrogens (tertiary/aromatic N) is 1. The number of rotatable bonds is 50. The molecule has 0 fully saturated rings. The number of unbranched alkanes of at least 4 members (excludes halogenated alkanes) is 29. The van der Waals surface area contributed by atoms with E-state index in [1.54, 1.807) is 6.08 Å². The molecule has 0 aliphatic rings. The molecule has 0 aliphatic carbocycles. The molecular weight excluding hydrogens is 840 g/mol. The second-order valence-electron chi connectivity index (χ2n) is 19.9. The second kappa shape index (κ2) is 48.2. The van der Waals surface area contributed by atoms with E-state index in [1.165, 1.54) is 161 Å². The Bertz CT molecular complexity index is 1260. The van der Waals surface area contributed by atoms with Gasteiger partial charge in [0.05, 0.1) is 39.9 Å². The van der Waals surface area contributed by atoms with Gasteiger partial charge < -0.3 is 28.8 Å². The molecule has 9 heteroatoms. The van der Waals surface area contributed by atoms with Gasteiger partial charge in [0.2, 0.25) is 5.91 Å². The average molecular weight is 947 g/mol. The molecule has 0 bridgehead atoms. The molecule has 2 N–H and O–H groups in total. The number of amides is 1. The van der Waals surface area contributed by atoms with Crippen molar-refractivity contribution in [1.82, 2.24) is 5.32 Å². The fourth-order valence-electron chi connectivity index (χ4n) is 7.91. The Labute approximate surface area is 409 Å². The number of phosphoric acid groups is 1. The number of likely N-dealkylation sites (N-methyl/N-ethyl adjacent to an activating group) is 1. The highest BCUT2D eigenvalue weighted by atomic mass is 31.2. The summed E-state index contributed by atoms with van der Waals surface area (Å²) in [7, 11) is 1.26. The summed E-state index contributed by atoms with van der Waals surface area (Å²) in [6, 6.07) is -0.887. The van der Waals surface area contributed by atoms with Crippen LogP contribution >= 0.6 is 7.82 Å². The molecule has 0 aromatic rings. The van der Waals surface area contributed by atoms with Crippen molar-refractivity contribution in [1.29, 1.82) is 0 Å². The Kier molecular flexibility index (Phi) is 46.9. The Morgan fingerprint density at radius 2 is 0.924 bits per heavy atom. The minimum Gasteiger partial charge on any atom is -0.756 e. The number of phosphoric ester groups is 1. The molecule has 386 valence electrons. The summed E-state index contributed by atoms with van der Waals surface area (Å²) < 4.78 is 23.3. The lowest BCUT2D eigenvalue weighted by Gasteiger charge is -2.29. The molecule has 0 aliphatic heterocycles. The van der Waals surface area contributed by atoms with Crippen LogP contribution in [0.4, 0.5) is 0 Å². The third-order valence-electron chi connectivity index (χ3n) is 12.2. The molecular formula is C57H107N2O6P. The third kappa shape index (κ3) is 50.1. The fraction of sp³-hybridized carbons (Fsp3) is 0.807. The predicted octanol–water partition coefficient (Wildman–Crippen LogP) is 15.9. The van der Waals surface area contributed by atoms with Gasteiger partial charge >= 0.3 is 0 Å². The van der Waals surface area contributed by atoms with Crippen molar-refractivity contribution in [2.75, 3.05) is 40.9 Å². The quantitative estimate of drug-likeness (QED) is 0.0272. The molecule has 0 aromatic heterocycles. The van der Waals surface area contributed by atoms with Crippen LogP contribution in [-0.2, 0) is 18.4 Å². The van der Waals surface area contributed by atoms with Crippen LogP contribution in [0.25, 0.3) is 0 Å². The number of nitrogens with one attached hydrogen (secondary N) is 1. The Hall–Kier alpha value is -1.80. The van der Waals surface area contributed by atoms with Gasteiger partial charge in [-0.3, -0.25) is 9.36 Å². The number of carbonyl (C=O) groups excluding carboxylic acids is 1. The monoisotopic (exact) mass is 947 g/mol. The van der Waals surface area contributed by atoms with Gasteiger partial charge in [0.25, 0.3) is 7.82 Å². The summed E-state index contributed by atoms with van der Waals surface area (Å²) in [5, 5.41) is 13.9. The highest BCUT2D eigenvalue weighted by molar-refractivity contribution is 7.45. The topological polar surface area (TPSA) is 108 Å². The Balaban J connectivity index is 4.14. The predicted molar refractivity (Wildman–Crippen MR) is 284 cm³/mol. The van der Waals surface area contributed by atoms with E-state index in [2.05, 4.69) is 67.8 Å². The number of allylic oxidation sites excluding steroid dienone is 9. The molecule has 3 unspecified atom stereocenters. The van der Waals surface area contributed by atoms with Crippen molar-refractivity contribution >= 4 is 13.7 Å². The van der Waals surface area contributed by atoms with E-state index >= 15 is 0 Å². The summed E-state index contributed by atoms with van der Waals surface area (Å²) in [5.41, 5.74) is 0. The third-order valence-corrected chi connectivity index (χ3v) is 13.2. The van der Waals surface area contributed by atoms with Gasteiger partial charge in [-0.15, -0.1) is 0 Å².